The van der Waals surface area contributed by atoms with E-state index in [1.807, 2.05) is 20.8 Å². The first kappa shape index (κ1) is 22.7. The van der Waals surface area contributed by atoms with Crippen LogP contribution < -0.4 is 10.6 Å². The van der Waals surface area contributed by atoms with Crippen LogP contribution in [0.4, 0.5) is 5.69 Å². The zero-order chi connectivity index (χ0) is 21.4. The number of hydrogen-bond acceptors (Lipinski definition) is 5. The number of ether oxygens (including phenoxy) is 1. The lowest BCUT2D eigenvalue weighted by Crippen LogP contribution is -2.43. The molecule has 0 bridgehead atoms. The Morgan fingerprint density at radius 1 is 1.10 bits per heavy atom. The maximum absolute atomic E-state index is 12.4. The second-order valence-electron chi connectivity index (χ2n) is 8.03. The molecule has 1 aliphatic rings. The van der Waals surface area contributed by atoms with Crippen LogP contribution in [0.1, 0.15) is 57.3 Å². The molecule has 1 saturated heterocycles. The number of anilines is 1. The van der Waals surface area contributed by atoms with E-state index in [1.165, 1.54) is 0 Å². The maximum Gasteiger partial charge on any atom is 0.309 e. The third-order valence-corrected chi connectivity index (χ3v) is 5.39. The van der Waals surface area contributed by atoms with Gasteiger partial charge in [-0.3, -0.25) is 14.4 Å². The van der Waals surface area contributed by atoms with Crippen LogP contribution >= 0.6 is 0 Å². The molecule has 1 fully saturated rings. The van der Waals surface area contributed by atoms with E-state index in [2.05, 4.69) is 10.6 Å². The number of nitrogens with one attached hydrogen (secondary N) is 2. The quantitative estimate of drug-likeness (QED) is 0.652. The number of esters is 1. The number of carbonyl (C=O) groups is 3. The van der Waals surface area contributed by atoms with Gasteiger partial charge in [-0.15, -0.1) is 0 Å². The number of carbonyl (C=O) groups excluding carboxylic acids is 3. The Morgan fingerprint density at radius 3 is 2.28 bits per heavy atom. The monoisotopic (exact) mass is 403 g/mol. The fourth-order valence-corrected chi connectivity index (χ4v) is 3.12. The molecule has 1 aromatic carbocycles. The molecule has 160 valence electrons. The SMILES string of the molecule is CCOC(=O)C1CCN(C(=O)CNc2ccc(C(=O)NC(C)(C)CC)cc2)CC1. The van der Waals surface area contributed by atoms with Crippen LogP contribution in [0.2, 0.25) is 0 Å². The van der Waals surface area contributed by atoms with E-state index in [0.29, 0.717) is 38.1 Å². The highest BCUT2D eigenvalue weighted by Gasteiger charge is 2.28. The molecule has 0 aromatic heterocycles. The largest absolute Gasteiger partial charge is 0.466 e. The van der Waals surface area contributed by atoms with E-state index in [0.717, 1.165) is 12.1 Å². The highest BCUT2D eigenvalue weighted by Crippen LogP contribution is 2.19. The first-order valence-corrected chi connectivity index (χ1v) is 10.4. The smallest absolute Gasteiger partial charge is 0.309 e. The molecule has 1 aromatic rings. The van der Waals surface area contributed by atoms with Crippen molar-refractivity contribution in [3.8, 4) is 0 Å². The van der Waals surface area contributed by atoms with E-state index in [-0.39, 0.29) is 35.8 Å². The lowest BCUT2D eigenvalue weighted by atomic mass is 9.97. The molecule has 0 saturated carbocycles. The van der Waals surface area contributed by atoms with Crippen molar-refractivity contribution in [2.75, 3.05) is 31.6 Å². The van der Waals surface area contributed by atoms with Crippen molar-refractivity contribution in [3.63, 3.8) is 0 Å². The van der Waals surface area contributed by atoms with Crippen molar-refractivity contribution in [1.29, 1.82) is 0 Å². The van der Waals surface area contributed by atoms with Gasteiger partial charge in [0, 0.05) is 29.9 Å². The molecule has 0 spiro atoms. The van der Waals surface area contributed by atoms with Gasteiger partial charge in [-0.05, 0) is 64.3 Å². The number of rotatable bonds is 8. The van der Waals surface area contributed by atoms with Crippen molar-refractivity contribution < 1.29 is 19.1 Å². The van der Waals surface area contributed by atoms with E-state index in [1.54, 1.807) is 36.1 Å². The number of benzene rings is 1. The minimum absolute atomic E-state index is 0.00109. The normalized spacial score (nSPS) is 15.0. The van der Waals surface area contributed by atoms with Crippen molar-refractivity contribution >= 4 is 23.5 Å². The van der Waals surface area contributed by atoms with Gasteiger partial charge in [0.05, 0.1) is 19.1 Å². The van der Waals surface area contributed by atoms with Gasteiger partial charge < -0.3 is 20.3 Å². The van der Waals surface area contributed by atoms with Crippen LogP contribution in [0.15, 0.2) is 24.3 Å². The first-order valence-electron chi connectivity index (χ1n) is 10.4. The predicted octanol–water partition coefficient (Wildman–Crippen LogP) is 2.82. The number of piperidine rings is 1. The Labute approximate surface area is 173 Å². The van der Waals surface area contributed by atoms with Crippen LogP contribution in [0.3, 0.4) is 0 Å². The van der Waals surface area contributed by atoms with Gasteiger partial charge in [-0.1, -0.05) is 6.92 Å². The molecule has 0 unspecified atom stereocenters. The Morgan fingerprint density at radius 2 is 1.72 bits per heavy atom. The van der Waals surface area contributed by atoms with E-state index in [9.17, 15) is 14.4 Å². The van der Waals surface area contributed by atoms with Crippen LogP contribution in [0.5, 0.6) is 0 Å². The maximum atomic E-state index is 12.4. The van der Waals surface area contributed by atoms with Gasteiger partial charge >= 0.3 is 5.97 Å². The average Bonchev–Trinajstić information content (AvgIpc) is 2.72. The van der Waals surface area contributed by atoms with Crippen molar-refractivity contribution in [2.45, 2.75) is 52.5 Å². The zero-order valence-corrected chi connectivity index (χ0v) is 17.9. The summed E-state index contributed by atoms with van der Waals surface area (Å²) in [4.78, 5) is 38.3. The molecule has 1 heterocycles. The second-order valence-corrected chi connectivity index (χ2v) is 8.03. The molecule has 2 amide bonds. The van der Waals surface area contributed by atoms with Crippen molar-refractivity contribution in [1.82, 2.24) is 10.2 Å². The molecule has 7 heteroatoms. The van der Waals surface area contributed by atoms with Gasteiger partial charge in [0.1, 0.15) is 0 Å². The highest BCUT2D eigenvalue weighted by molar-refractivity contribution is 5.95. The Balaban J connectivity index is 1.79. The fraction of sp³-hybridized carbons (Fsp3) is 0.591. The van der Waals surface area contributed by atoms with Crippen molar-refractivity contribution in [2.24, 2.45) is 5.92 Å². The molecule has 1 aliphatic heterocycles. The van der Waals surface area contributed by atoms with Gasteiger partial charge in [-0.2, -0.15) is 0 Å². The predicted molar refractivity (Wildman–Crippen MR) is 113 cm³/mol. The summed E-state index contributed by atoms with van der Waals surface area (Å²) in [5, 5.41) is 6.11. The average molecular weight is 404 g/mol. The molecular formula is C22H33N3O4. The summed E-state index contributed by atoms with van der Waals surface area (Å²) in [6.45, 7) is 9.50. The van der Waals surface area contributed by atoms with Crippen LogP contribution in [0.25, 0.3) is 0 Å². The number of likely N-dealkylation sites (tertiary alicyclic amines) is 1. The zero-order valence-electron chi connectivity index (χ0n) is 17.9. The third-order valence-electron chi connectivity index (χ3n) is 5.39. The molecular weight excluding hydrogens is 370 g/mol. The first-order chi connectivity index (χ1) is 13.8. The van der Waals surface area contributed by atoms with Gasteiger partial charge in [0.15, 0.2) is 0 Å². The van der Waals surface area contributed by atoms with E-state index < -0.39 is 0 Å². The summed E-state index contributed by atoms with van der Waals surface area (Å²) in [5.41, 5.74) is 1.12. The molecule has 0 radical (unpaired) electrons. The third kappa shape index (κ3) is 6.76. The molecule has 0 aliphatic carbocycles. The topological polar surface area (TPSA) is 87.7 Å². The van der Waals surface area contributed by atoms with Crippen molar-refractivity contribution in [3.05, 3.63) is 29.8 Å². The summed E-state index contributed by atoms with van der Waals surface area (Å²) in [7, 11) is 0. The van der Waals surface area contributed by atoms with Crippen LogP contribution in [-0.4, -0.2) is 54.5 Å². The molecule has 2 N–H and O–H groups in total. The van der Waals surface area contributed by atoms with Crippen LogP contribution in [-0.2, 0) is 14.3 Å². The number of hydrogen-bond donors (Lipinski definition) is 2. The Hall–Kier alpha value is -2.57. The summed E-state index contributed by atoms with van der Waals surface area (Å²) in [5.74, 6) is -0.379. The van der Waals surface area contributed by atoms with E-state index in [4.69, 9.17) is 4.74 Å². The summed E-state index contributed by atoms with van der Waals surface area (Å²) in [6, 6.07) is 7.10. The summed E-state index contributed by atoms with van der Waals surface area (Å²) in [6.07, 6.45) is 2.13. The van der Waals surface area contributed by atoms with Gasteiger partial charge in [0.25, 0.3) is 5.91 Å². The minimum Gasteiger partial charge on any atom is -0.466 e. The molecule has 29 heavy (non-hydrogen) atoms. The second kappa shape index (κ2) is 10.3. The van der Waals surface area contributed by atoms with Gasteiger partial charge in [0.2, 0.25) is 5.91 Å². The molecule has 0 atom stereocenters. The number of nitrogens with zero attached hydrogens (tertiary/aromatic N) is 1. The minimum atomic E-state index is -0.249. The summed E-state index contributed by atoms with van der Waals surface area (Å²) >= 11 is 0. The Bertz CT molecular complexity index is 707. The lowest BCUT2D eigenvalue weighted by molar-refractivity contribution is -0.151. The number of amides is 2. The lowest BCUT2D eigenvalue weighted by Gasteiger charge is -2.31. The Kier molecular flexibility index (Phi) is 8.05. The fourth-order valence-electron chi connectivity index (χ4n) is 3.12. The van der Waals surface area contributed by atoms with E-state index >= 15 is 0 Å². The highest BCUT2D eigenvalue weighted by atomic mass is 16.5. The van der Waals surface area contributed by atoms with Gasteiger partial charge in [-0.25, -0.2) is 0 Å². The molecule has 2 rings (SSSR count). The van der Waals surface area contributed by atoms with Crippen LogP contribution in [0, 0.1) is 5.92 Å². The molecule has 7 nitrogen and oxygen atoms in total. The standard InChI is InChI=1S/C22H33N3O4/c1-5-22(3,4)24-20(27)16-7-9-18(10-8-16)23-15-19(26)25-13-11-17(12-14-25)21(28)29-6-2/h7-10,17,23H,5-6,11-15H2,1-4H3,(H,24,27). The summed E-state index contributed by atoms with van der Waals surface area (Å²) < 4.78 is 5.06.